The molecule has 3 saturated carbocycles. The molecule has 5 fully saturated rings. The third-order valence-electron chi connectivity index (χ3n) is 10.5. The van der Waals surface area contributed by atoms with Gasteiger partial charge < -0.3 is 4.90 Å². The number of fused-ring (bicyclic) bond motifs is 6. The number of piperazine rings is 1. The molecule has 0 N–H and O–H groups in total. The molecular formula is C30H39F3N4O2S. The fraction of sp³-hybridized carbons (Fsp3) is 0.700. The molecule has 3 unspecified atom stereocenters. The van der Waals surface area contributed by atoms with Crippen molar-refractivity contribution in [1.82, 2.24) is 14.2 Å². The number of anilines is 1. The number of hydrogen-bond donors (Lipinski definition) is 0. The maximum atomic E-state index is 12.8. The van der Waals surface area contributed by atoms with Crippen LogP contribution in [0.4, 0.5) is 19.0 Å². The van der Waals surface area contributed by atoms with Crippen LogP contribution in [0.5, 0.6) is 0 Å². The number of carbonyl (C=O) groups excluding carboxylic acids is 2. The van der Waals surface area contributed by atoms with Crippen molar-refractivity contribution in [2.24, 2.45) is 41.4 Å². The van der Waals surface area contributed by atoms with Gasteiger partial charge in [0.25, 0.3) is 0 Å². The summed E-state index contributed by atoms with van der Waals surface area (Å²) in [6.07, 6.45) is 1.93. The number of hydrogen-bond acceptors (Lipinski definition) is 6. The average molecular weight is 577 g/mol. The highest BCUT2D eigenvalue weighted by Crippen LogP contribution is 2.61. The molecule has 7 rings (SSSR count). The molecule has 6 nitrogen and oxygen atoms in total. The van der Waals surface area contributed by atoms with Crippen LogP contribution in [0.15, 0.2) is 24.3 Å². The Kier molecular flexibility index (Phi) is 7.61. The van der Waals surface area contributed by atoms with Crippen LogP contribution < -0.4 is 4.90 Å². The van der Waals surface area contributed by atoms with Gasteiger partial charge in [-0.25, -0.2) is 0 Å². The van der Waals surface area contributed by atoms with Crippen molar-refractivity contribution in [3.63, 3.8) is 0 Å². The summed E-state index contributed by atoms with van der Waals surface area (Å²) in [5, 5.41) is 1.33. The number of amides is 2. The topological polar surface area (TPSA) is 56.8 Å². The predicted octanol–water partition coefficient (Wildman–Crippen LogP) is 5.68. The minimum absolute atomic E-state index is 0.0161. The molecule has 0 spiro atoms. The van der Waals surface area contributed by atoms with E-state index in [1.54, 1.807) is 11.5 Å². The molecule has 2 bridgehead atoms. The third kappa shape index (κ3) is 5.03. The first kappa shape index (κ1) is 27.9. The van der Waals surface area contributed by atoms with E-state index in [9.17, 15) is 22.8 Å². The van der Waals surface area contributed by atoms with Gasteiger partial charge in [0.05, 0.1) is 22.5 Å². The van der Waals surface area contributed by atoms with Gasteiger partial charge in [-0.15, -0.1) is 0 Å². The van der Waals surface area contributed by atoms with Crippen LogP contribution in [-0.4, -0.2) is 71.9 Å². The minimum atomic E-state index is -4.24. The van der Waals surface area contributed by atoms with Crippen molar-refractivity contribution in [3.8, 4) is 0 Å². The number of benzene rings is 1. The van der Waals surface area contributed by atoms with Crippen LogP contribution in [0.25, 0.3) is 10.1 Å². The molecule has 1 aromatic carbocycles. The second-order valence-corrected chi connectivity index (χ2v) is 13.4. The van der Waals surface area contributed by atoms with Crippen molar-refractivity contribution >= 4 is 39.3 Å². The van der Waals surface area contributed by atoms with Crippen LogP contribution >= 0.6 is 11.5 Å². The van der Waals surface area contributed by atoms with E-state index in [2.05, 4.69) is 41.0 Å². The van der Waals surface area contributed by atoms with E-state index in [0.29, 0.717) is 6.42 Å². The summed E-state index contributed by atoms with van der Waals surface area (Å²) in [6.45, 7) is 8.39. The maximum Gasteiger partial charge on any atom is 0.392 e. The summed E-state index contributed by atoms with van der Waals surface area (Å²) >= 11 is 1.63. The van der Waals surface area contributed by atoms with Gasteiger partial charge in [-0.3, -0.25) is 19.4 Å². The SMILES string of the molecule is CC1CCCC[C@H]1CN1CCN(c2nsc3ccccc23)CC1.CN1C(=O)C2[C@@H]3CC(C(F)(F)F)[C@@H](C3)[C@H]2C1=O. The highest BCUT2D eigenvalue weighted by Gasteiger charge is 2.67. The van der Waals surface area contributed by atoms with E-state index in [4.69, 9.17) is 4.37 Å². The molecule has 3 aliphatic carbocycles. The molecule has 2 saturated heterocycles. The molecule has 218 valence electrons. The molecule has 2 aromatic rings. The van der Waals surface area contributed by atoms with Gasteiger partial charge in [-0.05, 0) is 66.6 Å². The second-order valence-electron chi connectivity index (χ2n) is 12.6. The fourth-order valence-corrected chi connectivity index (χ4v) is 9.02. The fourth-order valence-electron chi connectivity index (χ4n) is 8.22. The number of carbonyl (C=O) groups is 2. The lowest BCUT2D eigenvalue weighted by Crippen LogP contribution is -2.48. The Morgan fingerprint density at radius 1 is 0.975 bits per heavy atom. The summed E-state index contributed by atoms with van der Waals surface area (Å²) < 4.78 is 44.4. The molecular weight excluding hydrogens is 537 g/mol. The Labute approximate surface area is 238 Å². The molecule has 5 aliphatic rings. The second kappa shape index (κ2) is 10.9. The number of halogens is 3. The quantitative estimate of drug-likeness (QED) is 0.440. The normalized spacial score (nSPS) is 34.4. The molecule has 1 aromatic heterocycles. The Morgan fingerprint density at radius 3 is 2.40 bits per heavy atom. The predicted molar refractivity (Wildman–Crippen MR) is 150 cm³/mol. The van der Waals surface area contributed by atoms with Gasteiger partial charge in [0.2, 0.25) is 11.8 Å². The Morgan fingerprint density at radius 2 is 1.68 bits per heavy atom. The van der Waals surface area contributed by atoms with Gasteiger partial charge in [-0.2, -0.15) is 17.5 Å². The number of alkyl halides is 3. The van der Waals surface area contributed by atoms with Crippen LogP contribution in [0.1, 0.15) is 45.4 Å². The van der Waals surface area contributed by atoms with Crippen molar-refractivity contribution in [2.75, 3.05) is 44.7 Å². The van der Waals surface area contributed by atoms with Crippen molar-refractivity contribution in [1.29, 1.82) is 0 Å². The Bertz CT molecular complexity index is 1240. The summed E-state index contributed by atoms with van der Waals surface area (Å²) in [4.78, 5) is 29.7. The first-order valence-electron chi connectivity index (χ1n) is 14.8. The molecule has 3 heterocycles. The van der Waals surface area contributed by atoms with E-state index in [1.807, 2.05) is 0 Å². The van der Waals surface area contributed by atoms with E-state index in [1.165, 1.54) is 68.3 Å². The number of rotatable bonds is 3. The molecule has 7 atom stereocenters. The standard InChI is InChI=1S/C19H27N3S.C11H12F3NO2/c1-15-6-2-3-7-16(15)14-21-10-12-22(13-11-21)19-17-8-4-5-9-18(17)23-20-19;1-15-9(16)7-4-2-5(8(7)10(15)17)6(3-4)11(12,13)14/h4-5,8-9,15-16H,2-3,6-7,10-14H2,1H3;4-8H,2-3H2,1H3/t15?,16-;4-,5+,6?,7?,8+/m00/s1. The van der Waals surface area contributed by atoms with Gasteiger partial charge in [0.15, 0.2) is 0 Å². The lowest BCUT2D eigenvalue weighted by atomic mass is 9.75. The highest BCUT2D eigenvalue weighted by atomic mass is 32.1. The molecule has 10 heteroatoms. The van der Waals surface area contributed by atoms with Gasteiger partial charge in [0, 0.05) is 45.2 Å². The summed E-state index contributed by atoms with van der Waals surface area (Å²) in [5.41, 5.74) is 0. The number of nitrogens with zero attached hydrogens (tertiary/aromatic N) is 4. The van der Waals surface area contributed by atoms with Crippen LogP contribution in [-0.2, 0) is 9.59 Å². The van der Waals surface area contributed by atoms with E-state index < -0.39 is 35.8 Å². The summed E-state index contributed by atoms with van der Waals surface area (Å²) in [7, 11) is 1.37. The van der Waals surface area contributed by atoms with Crippen molar-refractivity contribution in [3.05, 3.63) is 24.3 Å². The number of aromatic nitrogens is 1. The zero-order valence-corrected chi connectivity index (χ0v) is 24.1. The first-order chi connectivity index (χ1) is 19.1. The highest BCUT2D eigenvalue weighted by molar-refractivity contribution is 7.13. The average Bonchev–Trinajstić information content (AvgIpc) is 3.70. The molecule has 40 heavy (non-hydrogen) atoms. The van der Waals surface area contributed by atoms with Gasteiger partial charge in [0.1, 0.15) is 5.82 Å². The van der Waals surface area contributed by atoms with Gasteiger partial charge in [-0.1, -0.05) is 38.3 Å². The maximum absolute atomic E-state index is 12.8. The lowest BCUT2D eigenvalue weighted by Gasteiger charge is -2.39. The lowest BCUT2D eigenvalue weighted by molar-refractivity contribution is -0.193. The Balaban J connectivity index is 0.000000151. The van der Waals surface area contributed by atoms with Crippen molar-refractivity contribution in [2.45, 2.75) is 51.6 Å². The first-order valence-corrected chi connectivity index (χ1v) is 15.6. The molecule has 2 amide bonds. The zero-order valence-electron chi connectivity index (χ0n) is 23.3. The number of imide groups is 1. The van der Waals surface area contributed by atoms with Crippen molar-refractivity contribution < 1.29 is 22.8 Å². The smallest absolute Gasteiger partial charge is 0.353 e. The monoisotopic (exact) mass is 576 g/mol. The third-order valence-corrected chi connectivity index (χ3v) is 11.3. The van der Waals surface area contributed by atoms with Gasteiger partial charge >= 0.3 is 6.18 Å². The van der Waals surface area contributed by atoms with E-state index >= 15 is 0 Å². The minimum Gasteiger partial charge on any atom is -0.353 e. The summed E-state index contributed by atoms with van der Waals surface area (Å²) in [5.74, 6) is -1.15. The summed E-state index contributed by atoms with van der Waals surface area (Å²) in [6, 6.07) is 8.62. The Hall–Kier alpha value is -2.20. The van der Waals surface area contributed by atoms with Crippen LogP contribution in [0.2, 0.25) is 0 Å². The van der Waals surface area contributed by atoms with E-state index in [-0.39, 0.29) is 18.2 Å². The largest absolute Gasteiger partial charge is 0.392 e. The molecule has 0 radical (unpaired) electrons. The number of likely N-dealkylation sites (tertiary alicyclic amines) is 1. The van der Waals surface area contributed by atoms with E-state index in [0.717, 1.165) is 29.8 Å². The molecule has 2 aliphatic heterocycles. The van der Waals surface area contributed by atoms with Crippen LogP contribution in [0.3, 0.4) is 0 Å². The van der Waals surface area contributed by atoms with Crippen LogP contribution in [0, 0.1) is 41.4 Å². The zero-order chi connectivity index (χ0) is 28.2.